The first-order chi connectivity index (χ1) is 14.8. The van der Waals surface area contributed by atoms with E-state index in [1.165, 1.54) is 16.4 Å². The highest BCUT2D eigenvalue weighted by Gasteiger charge is 2.49. The van der Waals surface area contributed by atoms with Crippen molar-refractivity contribution in [3.63, 3.8) is 0 Å². The minimum Gasteiger partial charge on any atom is -0.342 e. The number of hydrogen-bond donors (Lipinski definition) is 0. The topological polar surface area (TPSA) is 57.7 Å². The van der Waals surface area contributed by atoms with Crippen LogP contribution in [0.5, 0.6) is 0 Å². The highest BCUT2D eigenvalue weighted by molar-refractivity contribution is 7.92. The van der Waals surface area contributed by atoms with Crippen molar-refractivity contribution in [2.24, 2.45) is 5.92 Å². The third-order valence-electron chi connectivity index (χ3n) is 6.87. The van der Waals surface area contributed by atoms with Gasteiger partial charge in [0.25, 0.3) is 16.4 Å². The molecule has 1 spiro atoms. The Morgan fingerprint density at radius 2 is 1.65 bits per heavy atom. The van der Waals surface area contributed by atoms with E-state index in [0.29, 0.717) is 38.2 Å². The van der Waals surface area contributed by atoms with Crippen molar-refractivity contribution in [3.05, 3.63) is 59.7 Å². The van der Waals surface area contributed by atoms with E-state index < -0.39 is 16.4 Å². The summed E-state index contributed by atoms with van der Waals surface area (Å²) in [6, 6.07) is 12.3. The maximum atomic E-state index is 13.4. The number of sulfonamides is 1. The van der Waals surface area contributed by atoms with Crippen molar-refractivity contribution in [3.8, 4) is 0 Å². The molecule has 2 fully saturated rings. The number of alkyl halides is 2. The Morgan fingerprint density at radius 1 is 1.00 bits per heavy atom. The summed E-state index contributed by atoms with van der Waals surface area (Å²) in [6.07, 6.45) is 0.716. The quantitative estimate of drug-likeness (QED) is 0.711. The van der Waals surface area contributed by atoms with Gasteiger partial charge in [0, 0.05) is 36.5 Å². The molecule has 5 rings (SSSR count). The van der Waals surface area contributed by atoms with Crippen LogP contribution in [0.3, 0.4) is 0 Å². The molecule has 0 bridgehead atoms. The van der Waals surface area contributed by atoms with Crippen LogP contribution in [-0.2, 0) is 20.2 Å². The van der Waals surface area contributed by atoms with E-state index in [1.54, 1.807) is 6.07 Å². The average Bonchev–Trinajstić information content (AvgIpc) is 3.58. The molecule has 0 N–H and O–H groups in total. The lowest BCUT2D eigenvalue weighted by Gasteiger charge is -2.40. The van der Waals surface area contributed by atoms with Gasteiger partial charge in [-0.1, -0.05) is 30.3 Å². The highest BCUT2D eigenvalue weighted by atomic mass is 32.2. The van der Waals surface area contributed by atoms with Crippen LogP contribution in [0.2, 0.25) is 0 Å². The Morgan fingerprint density at radius 3 is 2.26 bits per heavy atom. The van der Waals surface area contributed by atoms with Crippen LogP contribution in [0.25, 0.3) is 0 Å². The molecule has 2 aromatic carbocycles. The van der Waals surface area contributed by atoms with Crippen LogP contribution in [-0.4, -0.2) is 38.9 Å². The van der Waals surface area contributed by atoms with Gasteiger partial charge in [-0.2, -0.15) is 0 Å². The summed E-state index contributed by atoms with van der Waals surface area (Å²) in [5, 5.41) is 0. The number of piperidine rings is 1. The Labute approximate surface area is 180 Å². The lowest BCUT2D eigenvalue weighted by atomic mass is 9.74. The van der Waals surface area contributed by atoms with Crippen molar-refractivity contribution in [2.75, 3.05) is 23.9 Å². The molecule has 0 atom stereocenters. The number of fused-ring (bicyclic) bond motifs is 2. The molecule has 31 heavy (non-hydrogen) atoms. The maximum Gasteiger partial charge on any atom is 0.264 e. The van der Waals surface area contributed by atoms with E-state index in [-0.39, 0.29) is 27.7 Å². The molecule has 3 aliphatic rings. The number of nitrogens with zero attached hydrogens (tertiary/aromatic N) is 2. The second-order valence-corrected chi connectivity index (χ2v) is 10.6. The van der Waals surface area contributed by atoms with Crippen LogP contribution in [0, 0.1) is 5.92 Å². The van der Waals surface area contributed by atoms with Crippen LogP contribution >= 0.6 is 0 Å². The summed E-state index contributed by atoms with van der Waals surface area (Å²) in [7, 11) is -3.90. The van der Waals surface area contributed by atoms with Gasteiger partial charge in [0.1, 0.15) is 0 Å². The number of hydrogen-bond acceptors (Lipinski definition) is 3. The number of carbonyl (C=O) groups is 1. The fourth-order valence-electron chi connectivity index (χ4n) is 4.88. The molecule has 1 amide bonds. The lowest BCUT2D eigenvalue weighted by Crippen LogP contribution is -2.48. The number of anilines is 1. The Hall–Kier alpha value is -2.48. The van der Waals surface area contributed by atoms with Crippen molar-refractivity contribution in [2.45, 2.75) is 42.4 Å². The number of likely N-dealkylation sites (tertiary alicyclic amines) is 1. The van der Waals surface area contributed by atoms with Gasteiger partial charge in [0.15, 0.2) is 0 Å². The third-order valence-corrected chi connectivity index (χ3v) is 8.64. The van der Waals surface area contributed by atoms with Crippen LogP contribution in [0.15, 0.2) is 53.4 Å². The van der Waals surface area contributed by atoms with Crippen molar-refractivity contribution in [1.82, 2.24) is 4.90 Å². The number of rotatable bonds is 4. The summed E-state index contributed by atoms with van der Waals surface area (Å²) in [5.74, 6) is 0.405. The molecule has 2 aromatic rings. The lowest BCUT2D eigenvalue weighted by molar-refractivity contribution is -0.134. The van der Waals surface area contributed by atoms with Crippen molar-refractivity contribution < 1.29 is 22.0 Å². The van der Waals surface area contributed by atoms with Crippen LogP contribution in [0.1, 0.15) is 43.2 Å². The molecular formula is C23H24F2N2O3S. The molecule has 164 valence electrons. The first-order valence-corrected chi connectivity index (χ1v) is 12.0. The maximum absolute atomic E-state index is 13.4. The van der Waals surface area contributed by atoms with E-state index in [2.05, 4.69) is 0 Å². The van der Waals surface area contributed by atoms with Gasteiger partial charge in [-0.15, -0.1) is 0 Å². The van der Waals surface area contributed by atoms with Gasteiger partial charge in [0.2, 0.25) is 5.91 Å². The first-order valence-electron chi connectivity index (χ1n) is 10.6. The normalized spacial score (nSPS) is 20.4. The van der Waals surface area contributed by atoms with Gasteiger partial charge in [-0.3, -0.25) is 9.10 Å². The first kappa shape index (κ1) is 20.4. The molecule has 1 aliphatic carbocycles. The molecule has 1 saturated heterocycles. The van der Waals surface area contributed by atoms with Crippen molar-refractivity contribution >= 4 is 21.6 Å². The summed E-state index contributed by atoms with van der Waals surface area (Å²) in [4.78, 5) is 14.4. The smallest absolute Gasteiger partial charge is 0.264 e. The summed E-state index contributed by atoms with van der Waals surface area (Å²) in [6.45, 7) is 1.55. The Balaban J connectivity index is 1.44. The second-order valence-electron chi connectivity index (χ2n) is 8.78. The predicted octanol–water partition coefficient (Wildman–Crippen LogP) is 4.10. The van der Waals surface area contributed by atoms with E-state index in [4.69, 9.17) is 0 Å². The Bertz CT molecular complexity index is 1110. The van der Waals surface area contributed by atoms with Gasteiger partial charge >= 0.3 is 0 Å². The zero-order chi connectivity index (χ0) is 21.8. The average molecular weight is 447 g/mol. The molecule has 0 aromatic heterocycles. The summed E-state index contributed by atoms with van der Waals surface area (Å²) >= 11 is 0. The minimum absolute atomic E-state index is 0.00472. The SMILES string of the molecule is O=C(C1CC1)N1CCC2(CC1)CN(S(=O)(=O)c1ccc(C(F)F)cc1)c1ccccc12. The standard InChI is InChI=1S/C23H24F2N2O3S/c24-21(25)16-7-9-18(10-8-16)31(29,30)27-15-23(19-3-1-2-4-20(19)27)11-13-26(14-12-23)22(28)17-5-6-17/h1-4,7-10,17,21H,5-6,11-15H2. The van der Waals surface area contributed by atoms with Crippen LogP contribution < -0.4 is 4.31 Å². The van der Waals surface area contributed by atoms with Gasteiger partial charge < -0.3 is 4.90 Å². The van der Waals surface area contributed by atoms with E-state index in [1.807, 2.05) is 23.1 Å². The van der Waals surface area contributed by atoms with E-state index in [0.717, 1.165) is 30.5 Å². The number of amides is 1. The predicted molar refractivity (Wildman–Crippen MR) is 113 cm³/mol. The summed E-state index contributed by atoms with van der Waals surface area (Å²) < 4.78 is 54.1. The molecule has 1 saturated carbocycles. The molecule has 2 heterocycles. The fraction of sp³-hybridized carbons (Fsp3) is 0.435. The minimum atomic E-state index is -3.90. The molecule has 8 heteroatoms. The molecule has 0 unspecified atom stereocenters. The Kier molecular flexibility index (Phi) is 4.80. The molecule has 5 nitrogen and oxygen atoms in total. The number of carbonyl (C=O) groups excluding carboxylic acids is 1. The molecule has 2 aliphatic heterocycles. The monoisotopic (exact) mass is 446 g/mol. The highest BCUT2D eigenvalue weighted by Crippen LogP contribution is 2.49. The van der Waals surface area contributed by atoms with Crippen molar-refractivity contribution in [1.29, 1.82) is 0 Å². The van der Waals surface area contributed by atoms with Gasteiger partial charge in [0.05, 0.1) is 10.6 Å². The molecular weight excluding hydrogens is 422 g/mol. The second kappa shape index (κ2) is 7.29. The number of halogens is 2. The zero-order valence-electron chi connectivity index (χ0n) is 17.0. The zero-order valence-corrected chi connectivity index (χ0v) is 17.8. The fourth-order valence-corrected chi connectivity index (χ4v) is 6.45. The van der Waals surface area contributed by atoms with E-state index in [9.17, 15) is 22.0 Å². The third kappa shape index (κ3) is 3.41. The van der Waals surface area contributed by atoms with Gasteiger partial charge in [-0.25, -0.2) is 17.2 Å². The number of para-hydroxylation sites is 1. The largest absolute Gasteiger partial charge is 0.342 e. The van der Waals surface area contributed by atoms with Gasteiger partial charge in [-0.05, 0) is 49.4 Å². The van der Waals surface area contributed by atoms with E-state index >= 15 is 0 Å². The number of benzene rings is 2. The summed E-state index contributed by atoms with van der Waals surface area (Å²) in [5.41, 5.74) is 1.08. The van der Waals surface area contributed by atoms with Crippen LogP contribution in [0.4, 0.5) is 14.5 Å². The molecule has 0 radical (unpaired) electrons.